The van der Waals surface area contributed by atoms with Gasteiger partial charge in [-0.25, -0.2) is 0 Å². The van der Waals surface area contributed by atoms with E-state index in [4.69, 9.17) is 0 Å². The predicted molar refractivity (Wildman–Crippen MR) is 73.6 cm³/mol. The van der Waals surface area contributed by atoms with Gasteiger partial charge in [0.05, 0.1) is 11.8 Å². The van der Waals surface area contributed by atoms with Gasteiger partial charge in [-0.05, 0) is 19.1 Å². The molecule has 0 unspecified atom stereocenters. The third-order valence-corrected chi connectivity index (χ3v) is 2.30. The first-order chi connectivity index (χ1) is 9.54. The van der Waals surface area contributed by atoms with E-state index < -0.39 is 22.0 Å². The zero-order valence-corrected chi connectivity index (χ0v) is 12.4. The summed E-state index contributed by atoms with van der Waals surface area (Å²) in [6, 6.07) is 4.37. The number of rotatable bonds is 2. The minimum atomic E-state index is -4.38. The van der Waals surface area contributed by atoms with Crippen molar-refractivity contribution in [2.24, 2.45) is 0 Å². The summed E-state index contributed by atoms with van der Waals surface area (Å²) in [5, 5.41) is 2.06. The van der Waals surface area contributed by atoms with Crippen LogP contribution in [0.2, 0.25) is 0 Å². The Bertz CT molecular complexity index is 649. The van der Waals surface area contributed by atoms with Gasteiger partial charge in [0.25, 0.3) is 10.3 Å². The van der Waals surface area contributed by atoms with Gasteiger partial charge in [-0.15, -0.1) is 0 Å². The number of Topliss-reactive ketones (excluding diaryl/α,β-unsaturated/α-hetero) is 1. The molecular weight excluding hydrogens is 307 g/mol. The average molecular weight is 321 g/mol. The molecule has 116 valence electrons. The fraction of sp³-hybridized carbons (Fsp3) is 0.308. The van der Waals surface area contributed by atoms with Crippen LogP contribution in [0.15, 0.2) is 30.5 Å². The number of benzene rings is 1. The van der Waals surface area contributed by atoms with Crippen molar-refractivity contribution in [2.75, 3.05) is 14.1 Å². The van der Waals surface area contributed by atoms with Gasteiger partial charge >= 0.3 is 6.18 Å². The first-order valence-corrected chi connectivity index (χ1v) is 6.65. The normalized spacial score (nSPS) is 9.81. The molecule has 1 rings (SSSR count). The van der Waals surface area contributed by atoms with E-state index in [0.717, 1.165) is 12.1 Å². The van der Waals surface area contributed by atoms with E-state index in [-0.39, 0.29) is 11.3 Å². The Balaban J connectivity index is 0.000000433. The van der Waals surface area contributed by atoms with Gasteiger partial charge in [-0.2, -0.15) is 21.6 Å². The Labute approximate surface area is 122 Å². The van der Waals surface area contributed by atoms with Crippen LogP contribution in [0.3, 0.4) is 0 Å². The van der Waals surface area contributed by atoms with E-state index in [0.29, 0.717) is 0 Å². The fourth-order valence-electron chi connectivity index (χ4n) is 1.06. The molecule has 0 spiro atoms. The lowest BCUT2D eigenvalue weighted by atomic mass is 10.1. The van der Waals surface area contributed by atoms with Crippen molar-refractivity contribution in [3.63, 3.8) is 0 Å². The van der Waals surface area contributed by atoms with Crippen LogP contribution in [0.1, 0.15) is 22.8 Å². The molecule has 0 amide bonds. The standard InChI is InChI=1S/C9H7F3O.C4H7NO2S/c1-6(13)7-3-2-4-8(5-7)9(10,11)12;1-5(2)3-4-8(6)7/h2-5H,1H3;3H,1-2H3. The summed E-state index contributed by atoms with van der Waals surface area (Å²) in [7, 11) is 1.26. The van der Waals surface area contributed by atoms with Crippen LogP contribution in [-0.2, 0) is 16.5 Å². The van der Waals surface area contributed by atoms with Gasteiger partial charge < -0.3 is 4.90 Å². The molecule has 0 bridgehead atoms. The maximum absolute atomic E-state index is 12.1. The minimum Gasteiger partial charge on any atom is -0.376 e. The lowest BCUT2D eigenvalue weighted by Gasteiger charge is -2.06. The van der Waals surface area contributed by atoms with Crippen LogP contribution in [0.5, 0.6) is 0 Å². The van der Waals surface area contributed by atoms with Crippen molar-refractivity contribution in [1.29, 1.82) is 0 Å². The van der Waals surface area contributed by atoms with Crippen molar-refractivity contribution >= 4 is 21.1 Å². The number of hydrogen-bond acceptors (Lipinski definition) is 4. The summed E-state index contributed by atoms with van der Waals surface area (Å²) in [6.45, 7) is 1.23. The number of carbonyl (C=O) groups excluding carboxylic acids is 1. The molecule has 0 N–H and O–H groups in total. The van der Waals surface area contributed by atoms with Crippen molar-refractivity contribution < 1.29 is 26.4 Å². The average Bonchev–Trinajstić information content (AvgIpc) is 2.36. The Morgan fingerprint density at radius 3 is 2.19 bits per heavy atom. The highest BCUT2D eigenvalue weighted by Gasteiger charge is 2.30. The van der Waals surface area contributed by atoms with Crippen molar-refractivity contribution in [3.05, 3.63) is 41.6 Å². The Morgan fingerprint density at radius 2 is 1.86 bits per heavy atom. The van der Waals surface area contributed by atoms with Crippen molar-refractivity contribution in [2.45, 2.75) is 13.1 Å². The monoisotopic (exact) mass is 321 g/mol. The van der Waals surface area contributed by atoms with Gasteiger partial charge in [0.2, 0.25) is 0 Å². The van der Waals surface area contributed by atoms with Crippen LogP contribution >= 0.6 is 0 Å². The molecule has 21 heavy (non-hydrogen) atoms. The van der Waals surface area contributed by atoms with E-state index in [1.165, 1.54) is 25.3 Å². The number of hydrogen-bond donors (Lipinski definition) is 0. The van der Waals surface area contributed by atoms with Crippen LogP contribution < -0.4 is 0 Å². The first-order valence-electron chi connectivity index (χ1n) is 5.57. The number of nitrogens with zero attached hydrogens (tertiary/aromatic N) is 1. The quantitative estimate of drug-likeness (QED) is 0.619. The number of halogens is 3. The van der Waals surface area contributed by atoms with Crippen molar-refractivity contribution in [3.8, 4) is 0 Å². The van der Waals surface area contributed by atoms with E-state index >= 15 is 0 Å². The molecule has 0 saturated carbocycles. The van der Waals surface area contributed by atoms with Gasteiger partial charge in [-0.3, -0.25) is 4.79 Å². The molecule has 1 aromatic rings. The van der Waals surface area contributed by atoms with Gasteiger partial charge in [0, 0.05) is 24.7 Å². The molecule has 0 atom stereocenters. The summed E-state index contributed by atoms with van der Waals surface area (Å²) in [4.78, 5) is 12.4. The zero-order valence-electron chi connectivity index (χ0n) is 11.6. The molecule has 0 aromatic heterocycles. The Hall–Kier alpha value is -2.05. The van der Waals surface area contributed by atoms with Crippen molar-refractivity contribution in [1.82, 2.24) is 4.90 Å². The predicted octanol–water partition coefficient (Wildman–Crippen LogP) is 2.25. The topological polar surface area (TPSA) is 54.5 Å². The van der Waals surface area contributed by atoms with Gasteiger partial charge in [0.1, 0.15) is 0 Å². The van der Waals surface area contributed by atoms with E-state index in [1.54, 1.807) is 19.0 Å². The molecule has 4 nitrogen and oxygen atoms in total. The number of carbonyl (C=O) groups is 1. The molecule has 0 saturated heterocycles. The van der Waals surface area contributed by atoms with E-state index in [2.05, 4.69) is 5.02 Å². The van der Waals surface area contributed by atoms with E-state index in [1.807, 2.05) is 0 Å². The molecular formula is C13H14F3NO3S. The SMILES string of the molecule is CC(=O)c1cccc(C(F)(F)F)c1.CN(C)C=C=S(=O)=O. The van der Waals surface area contributed by atoms with E-state index in [9.17, 15) is 26.4 Å². The van der Waals surface area contributed by atoms with Gasteiger partial charge in [0.15, 0.2) is 5.78 Å². The first kappa shape index (κ1) is 18.9. The highest BCUT2D eigenvalue weighted by molar-refractivity contribution is 7.70. The number of alkyl halides is 3. The van der Waals surface area contributed by atoms with Crippen LogP contribution in [0.25, 0.3) is 0 Å². The summed E-state index contributed by atoms with van der Waals surface area (Å²) in [6.07, 6.45) is -3.05. The third-order valence-electron chi connectivity index (χ3n) is 2.00. The Kier molecular flexibility index (Phi) is 7.48. The lowest BCUT2D eigenvalue weighted by Crippen LogP contribution is -2.06. The fourth-order valence-corrected chi connectivity index (χ4v) is 1.36. The second-order valence-electron chi connectivity index (χ2n) is 4.08. The molecule has 0 aliphatic heterocycles. The van der Waals surface area contributed by atoms with Crippen LogP contribution in [-0.4, -0.2) is 38.2 Å². The lowest BCUT2D eigenvalue weighted by molar-refractivity contribution is -0.137. The smallest absolute Gasteiger partial charge is 0.376 e. The largest absolute Gasteiger partial charge is 0.416 e. The second-order valence-corrected chi connectivity index (χ2v) is 4.79. The molecule has 0 aliphatic rings. The van der Waals surface area contributed by atoms with Crippen LogP contribution in [0, 0.1) is 0 Å². The molecule has 8 heteroatoms. The summed E-state index contributed by atoms with van der Waals surface area (Å²) < 4.78 is 55.8. The number of ketones is 1. The summed E-state index contributed by atoms with van der Waals surface area (Å²) in [5.41, 5.74) is -0.713. The molecule has 0 aliphatic carbocycles. The second kappa shape index (κ2) is 8.28. The summed E-state index contributed by atoms with van der Waals surface area (Å²) >= 11 is 0. The molecule has 0 fully saturated rings. The molecule has 1 aromatic carbocycles. The highest BCUT2D eigenvalue weighted by Crippen LogP contribution is 2.29. The summed E-state index contributed by atoms with van der Waals surface area (Å²) in [5.74, 6) is -0.369. The zero-order chi connectivity index (χ0) is 16.6. The maximum atomic E-state index is 12.1. The minimum absolute atomic E-state index is 0.0785. The third kappa shape index (κ3) is 8.67. The Morgan fingerprint density at radius 1 is 1.29 bits per heavy atom. The van der Waals surface area contributed by atoms with Crippen LogP contribution in [0.4, 0.5) is 13.2 Å². The van der Waals surface area contributed by atoms with Gasteiger partial charge in [-0.1, -0.05) is 12.1 Å². The maximum Gasteiger partial charge on any atom is 0.416 e. The molecule has 0 heterocycles. The molecule has 0 radical (unpaired) electrons. The highest BCUT2D eigenvalue weighted by atomic mass is 32.2.